The van der Waals surface area contributed by atoms with Crippen molar-refractivity contribution in [2.45, 2.75) is 39.2 Å². The topological polar surface area (TPSA) is 78.5 Å². The van der Waals surface area contributed by atoms with Gasteiger partial charge in [0.15, 0.2) is 0 Å². The first-order chi connectivity index (χ1) is 14.3. The Morgan fingerprint density at radius 2 is 1.83 bits per heavy atom. The van der Waals surface area contributed by atoms with Crippen LogP contribution in [0.4, 0.5) is 5.69 Å². The molecule has 8 heteroatoms. The molecule has 1 aromatic heterocycles. The molecule has 0 saturated carbocycles. The summed E-state index contributed by atoms with van der Waals surface area (Å²) < 4.78 is 0.559. The third-order valence-electron chi connectivity index (χ3n) is 5.17. The summed E-state index contributed by atoms with van der Waals surface area (Å²) in [5.41, 5.74) is 1.34. The number of amides is 3. The van der Waals surface area contributed by atoms with Crippen LogP contribution in [0.25, 0.3) is 0 Å². The van der Waals surface area contributed by atoms with Crippen LogP contribution in [0.3, 0.4) is 0 Å². The molecule has 2 aromatic rings. The minimum absolute atomic E-state index is 0.126. The van der Waals surface area contributed by atoms with Gasteiger partial charge in [-0.3, -0.25) is 14.4 Å². The smallest absolute Gasteiger partial charge is 0.261 e. The van der Waals surface area contributed by atoms with Gasteiger partial charge in [-0.15, -0.1) is 11.3 Å². The maximum atomic E-state index is 12.7. The molecule has 30 heavy (non-hydrogen) atoms. The summed E-state index contributed by atoms with van der Waals surface area (Å²) in [6.07, 6.45) is 2.50. The molecule has 0 radical (unpaired) electrons. The highest BCUT2D eigenvalue weighted by atomic mass is 35.5. The second kappa shape index (κ2) is 10.1. The van der Waals surface area contributed by atoms with Crippen molar-refractivity contribution in [3.8, 4) is 0 Å². The van der Waals surface area contributed by atoms with Gasteiger partial charge in [-0.05, 0) is 55.2 Å². The Bertz CT molecular complexity index is 911. The molecule has 1 aromatic carbocycles. The van der Waals surface area contributed by atoms with Crippen molar-refractivity contribution in [3.05, 3.63) is 51.2 Å². The van der Waals surface area contributed by atoms with Gasteiger partial charge in [0.25, 0.3) is 11.8 Å². The van der Waals surface area contributed by atoms with Crippen molar-refractivity contribution in [1.82, 2.24) is 10.6 Å². The molecule has 1 atom stereocenters. The Labute approximate surface area is 185 Å². The summed E-state index contributed by atoms with van der Waals surface area (Å²) in [5, 5.41) is 5.86. The third-order valence-corrected chi connectivity index (χ3v) is 6.40. The zero-order valence-corrected chi connectivity index (χ0v) is 18.7. The van der Waals surface area contributed by atoms with Crippen LogP contribution in [0.2, 0.25) is 4.34 Å². The summed E-state index contributed by atoms with van der Waals surface area (Å²) in [7, 11) is 0. The van der Waals surface area contributed by atoms with Crippen molar-refractivity contribution in [2.75, 3.05) is 18.0 Å². The normalized spacial score (nSPS) is 15.2. The Morgan fingerprint density at radius 1 is 1.10 bits per heavy atom. The minimum atomic E-state index is -0.222. The Kier molecular flexibility index (Phi) is 7.50. The first-order valence-corrected chi connectivity index (χ1v) is 11.3. The van der Waals surface area contributed by atoms with Crippen LogP contribution in [-0.2, 0) is 4.79 Å². The molecular formula is C22H26ClN3O3S. The van der Waals surface area contributed by atoms with Crippen LogP contribution in [-0.4, -0.2) is 36.9 Å². The fourth-order valence-corrected chi connectivity index (χ4v) is 4.26. The first kappa shape index (κ1) is 22.3. The average molecular weight is 448 g/mol. The highest BCUT2D eigenvalue weighted by Gasteiger charge is 2.21. The van der Waals surface area contributed by atoms with Crippen LogP contribution in [0.5, 0.6) is 0 Å². The predicted octanol–water partition coefficient (Wildman–Crippen LogP) is 4.10. The number of hydrogen-bond acceptors (Lipinski definition) is 4. The number of hydrogen-bond donors (Lipinski definition) is 2. The van der Waals surface area contributed by atoms with E-state index in [1.807, 2.05) is 26.0 Å². The van der Waals surface area contributed by atoms with E-state index in [9.17, 15) is 14.4 Å². The van der Waals surface area contributed by atoms with E-state index in [0.29, 0.717) is 27.7 Å². The number of nitrogens with one attached hydrogen (secondary N) is 2. The fraction of sp³-hybridized carbons (Fsp3) is 0.409. The zero-order chi connectivity index (χ0) is 21.7. The third kappa shape index (κ3) is 5.61. The number of nitrogens with zero attached hydrogens (tertiary/aromatic N) is 1. The number of benzene rings is 1. The van der Waals surface area contributed by atoms with Crippen LogP contribution in [0.1, 0.15) is 53.1 Å². The number of rotatable bonds is 7. The maximum Gasteiger partial charge on any atom is 0.261 e. The summed E-state index contributed by atoms with van der Waals surface area (Å²) in [6.45, 7) is 5.02. The predicted molar refractivity (Wildman–Crippen MR) is 120 cm³/mol. The standard InChI is InChI=1S/C22H26ClN3O3S/c1-14(2)17(13-24-22(29)18-10-11-19(23)30-18)25-21(28)15-6-8-16(9-7-15)26-12-4-3-5-20(26)27/h6-11,14,17H,3-5,12-13H2,1-2H3,(H,24,29)(H,25,28). The fourth-order valence-electron chi connectivity index (χ4n) is 3.30. The van der Waals surface area contributed by atoms with Gasteiger partial charge in [0.05, 0.1) is 9.21 Å². The monoisotopic (exact) mass is 447 g/mol. The Morgan fingerprint density at radius 3 is 2.43 bits per heavy atom. The van der Waals surface area contributed by atoms with Crippen molar-refractivity contribution in [1.29, 1.82) is 0 Å². The molecule has 3 rings (SSSR count). The van der Waals surface area contributed by atoms with Gasteiger partial charge in [0.2, 0.25) is 5.91 Å². The number of anilines is 1. The number of thiophene rings is 1. The van der Waals surface area contributed by atoms with E-state index in [0.717, 1.165) is 25.1 Å². The summed E-state index contributed by atoms with van der Waals surface area (Å²) in [6, 6.07) is 10.2. The van der Waals surface area contributed by atoms with E-state index in [2.05, 4.69) is 10.6 Å². The lowest BCUT2D eigenvalue weighted by molar-refractivity contribution is -0.119. The van der Waals surface area contributed by atoms with Gasteiger partial charge in [-0.1, -0.05) is 25.4 Å². The summed E-state index contributed by atoms with van der Waals surface area (Å²) in [4.78, 5) is 39.3. The van der Waals surface area contributed by atoms with Gasteiger partial charge in [0, 0.05) is 36.8 Å². The van der Waals surface area contributed by atoms with E-state index in [1.165, 1.54) is 11.3 Å². The molecule has 2 N–H and O–H groups in total. The minimum Gasteiger partial charge on any atom is -0.349 e. The molecule has 0 spiro atoms. The van der Waals surface area contributed by atoms with E-state index < -0.39 is 0 Å². The molecule has 6 nitrogen and oxygen atoms in total. The largest absolute Gasteiger partial charge is 0.349 e. The number of carbonyl (C=O) groups excluding carboxylic acids is 3. The first-order valence-electron chi connectivity index (χ1n) is 10.1. The van der Waals surface area contributed by atoms with E-state index in [4.69, 9.17) is 11.6 Å². The summed E-state index contributed by atoms with van der Waals surface area (Å²) in [5.74, 6) is -0.159. The van der Waals surface area contributed by atoms with Gasteiger partial charge >= 0.3 is 0 Å². The van der Waals surface area contributed by atoms with Crippen LogP contribution in [0, 0.1) is 5.92 Å². The van der Waals surface area contributed by atoms with Crippen molar-refractivity contribution in [2.24, 2.45) is 5.92 Å². The Balaban J connectivity index is 1.59. The Hall–Kier alpha value is -2.38. The van der Waals surface area contributed by atoms with Gasteiger partial charge in [-0.2, -0.15) is 0 Å². The van der Waals surface area contributed by atoms with E-state index in [1.54, 1.807) is 29.2 Å². The molecular weight excluding hydrogens is 422 g/mol. The number of halogens is 1. The second-order valence-electron chi connectivity index (χ2n) is 7.69. The van der Waals surface area contributed by atoms with Gasteiger partial charge in [0.1, 0.15) is 0 Å². The highest BCUT2D eigenvalue weighted by Crippen LogP contribution is 2.22. The molecule has 0 aliphatic carbocycles. The van der Waals surface area contributed by atoms with Crippen molar-refractivity contribution in [3.63, 3.8) is 0 Å². The van der Waals surface area contributed by atoms with Crippen LogP contribution in [0.15, 0.2) is 36.4 Å². The molecule has 3 amide bonds. The van der Waals surface area contributed by atoms with E-state index in [-0.39, 0.29) is 29.7 Å². The molecule has 1 aliphatic heterocycles. The lowest BCUT2D eigenvalue weighted by Crippen LogP contribution is -2.46. The molecule has 1 aliphatic rings. The number of piperidine rings is 1. The van der Waals surface area contributed by atoms with E-state index >= 15 is 0 Å². The maximum absolute atomic E-state index is 12.7. The van der Waals surface area contributed by atoms with Gasteiger partial charge < -0.3 is 15.5 Å². The molecule has 1 saturated heterocycles. The number of carbonyl (C=O) groups is 3. The quantitative estimate of drug-likeness (QED) is 0.670. The molecule has 160 valence electrons. The van der Waals surface area contributed by atoms with Gasteiger partial charge in [-0.25, -0.2) is 0 Å². The zero-order valence-electron chi connectivity index (χ0n) is 17.1. The van der Waals surface area contributed by atoms with Crippen molar-refractivity contribution >= 4 is 46.3 Å². The SMILES string of the molecule is CC(C)C(CNC(=O)c1ccc(Cl)s1)NC(=O)c1ccc(N2CCCCC2=O)cc1. The van der Waals surface area contributed by atoms with Crippen LogP contribution >= 0.6 is 22.9 Å². The summed E-state index contributed by atoms with van der Waals surface area (Å²) >= 11 is 7.10. The van der Waals surface area contributed by atoms with Crippen LogP contribution < -0.4 is 15.5 Å². The second-order valence-corrected chi connectivity index (χ2v) is 9.40. The molecule has 0 bridgehead atoms. The average Bonchev–Trinajstić information content (AvgIpc) is 3.17. The highest BCUT2D eigenvalue weighted by molar-refractivity contribution is 7.18. The van der Waals surface area contributed by atoms with Crippen molar-refractivity contribution < 1.29 is 14.4 Å². The lowest BCUT2D eigenvalue weighted by Gasteiger charge is -2.27. The molecule has 1 unspecified atom stereocenters. The molecule has 2 heterocycles. The molecule has 1 fully saturated rings. The lowest BCUT2D eigenvalue weighted by atomic mass is 10.0.